The lowest BCUT2D eigenvalue weighted by Crippen LogP contribution is -2.56. The molecule has 3 aliphatic heterocycles. The molecule has 1 spiro atoms. The lowest BCUT2D eigenvalue weighted by molar-refractivity contribution is -0.154. The van der Waals surface area contributed by atoms with Crippen LogP contribution in [0.25, 0.3) is 0 Å². The van der Waals surface area contributed by atoms with Gasteiger partial charge in [-0.15, -0.1) is 0 Å². The van der Waals surface area contributed by atoms with Crippen molar-refractivity contribution >= 4 is 17.8 Å². The molecule has 0 saturated carbocycles. The summed E-state index contributed by atoms with van der Waals surface area (Å²) in [7, 11) is 0. The molecule has 29 heavy (non-hydrogen) atoms. The van der Waals surface area contributed by atoms with Crippen LogP contribution in [0.5, 0.6) is 0 Å². The summed E-state index contributed by atoms with van der Waals surface area (Å²) in [6.45, 7) is 6.40. The van der Waals surface area contributed by atoms with Crippen molar-refractivity contribution in [2.75, 3.05) is 19.8 Å². The van der Waals surface area contributed by atoms with E-state index in [1.165, 1.54) is 0 Å². The number of esters is 1. The molecule has 0 aromatic carbocycles. The minimum Gasteiger partial charge on any atom is -0.466 e. The summed E-state index contributed by atoms with van der Waals surface area (Å²) in [4.78, 5) is 40.9. The molecular weight excluding hydrogens is 376 g/mol. The number of hydrogen-bond acceptors (Lipinski definition) is 6. The van der Waals surface area contributed by atoms with Gasteiger partial charge in [-0.3, -0.25) is 14.4 Å². The lowest BCUT2D eigenvalue weighted by Gasteiger charge is -2.34. The number of hydrogen-bond donors (Lipinski definition) is 2. The zero-order valence-electron chi connectivity index (χ0n) is 17.7. The van der Waals surface area contributed by atoms with Crippen molar-refractivity contribution in [2.24, 2.45) is 11.8 Å². The zero-order chi connectivity index (χ0) is 21.2. The van der Waals surface area contributed by atoms with E-state index in [2.05, 4.69) is 12.2 Å². The maximum Gasteiger partial charge on any atom is 0.312 e. The SMILES string of the molecule is CCCC(C)NC(=O)[C@H]1N(CCCCO)C(=O)[C@@H]2[C@@H](C(=O)OCC)[C@H]3CC[C@]21O3. The Morgan fingerprint density at radius 1 is 1.38 bits per heavy atom. The first kappa shape index (κ1) is 22.0. The largest absolute Gasteiger partial charge is 0.466 e. The number of carbonyl (C=O) groups excluding carboxylic acids is 3. The number of ether oxygens (including phenoxy) is 2. The number of rotatable bonds is 10. The van der Waals surface area contributed by atoms with Gasteiger partial charge in [-0.2, -0.15) is 0 Å². The van der Waals surface area contributed by atoms with E-state index >= 15 is 0 Å². The Hall–Kier alpha value is -1.67. The number of amides is 2. The van der Waals surface area contributed by atoms with Gasteiger partial charge in [0.25, 0.3) is 0 Å². The molecule has 3 aliphatic rings. The highest BCUT2D eigenvalue weighted by Crippen LogP contribution is 2.58. The Kier molecular flexibility index (Phi) is 6.83. The summed E-state index contributed by atoms with van der Waals surface area (Å²) < 4.78 is 11.5. The van der Waals surface area contributed by atoms with Crippen LogP contribution in [-0.4, -0.2) is 71.3 Å². The fraction of sp³-hybridized carbons (Fsp3) is 0.857. The molecule has 3 rings (SSSR count). The van der Waals surface area contributed by atoms with Crippen LogP contribution in [0.3, 0.4) is 0 Å². The standard InChI is InChI=1S/C21H34N2O6/c1-4-8-13(3)22-18(25)17-21-10-9-14(29-21)15(20(27)28-5-2)16(21)19(26)23(17)11-6-7-12-24/h13-17,24H,4-12H2,1-3H3,(H,22,25)/t13?,14-,15+,16+,17-,21+/m1/s1. The first-order valence-electron chi connectivity index (χ1n) is 11.0. The molecule has 0 aliphatic carbocycles. The molecule has 3 fully saturated rings. The summed E-state index contributed by atoms with van der Waals surface area (Å²) in [6.07, 6.45) is 3.79. The Morgan fingerprint density at radius 3 is 2.79 bits per heavy atom. The molecular formula is C21H34N2O6. The Labute approximate surface area is 172 Å². The van der Waals surface area contributed by atoms with E-state index in [-0.39, 0.29) is 37.2 Å². The van der Waals surface area contributed by atoms with Crippen LogP contribution in [0.15, 0.2) is 0 Å². The highest BCUT2D eigenvalue weighted by molar-refractivity contribution is 5.98. The van der Waals surface area contributed by atoms with Crippen LogP contribution >= 0.6 is 0 Å². The van der Waals surface area contributed by atoms with Crippen molar-refractivity contribution in [1.82, 2.24) is 10.2 Å². The van der Waals surface area contributed by atoms with Gasteiger partial charge < -0.3 is 24.8 Å². The second-order valence-electron chi connectivity index (χ2n) is 8.47. The van der Waals surface area contributed by atoms with Crippen molar-refractivity contribution in [1.29, 1.82) is 0 Å². The van der Waals surface area contributed by atoms with Crippen molar-refractivity contribution in [3.63, 3.8) is 0 Å². The summed E-state index contributed by atoms with van der Waals surface area (Å²) in [5.74, 6) is -2.15. The molecule has 0 aromatic rings. The van der Waals surface area contributed by atoms with Crippen LogP contribution in [0.4, 0.5) is 0 Å². The van der Waals surface area contributed by atoms with Gasteiger partial charge in [0.15, 0.2) is 0 Å². The van der Waals surface area contributed by atoms with E-state index in [0.29, 0.717) is 32.2 Å². The van der Waals surface area contributed by atoms with Crippen molar-refractivity contribution in [2.45, 2.75) is 83.1 Å². The predicted molar refractivity (Wildman–Crippen MR) is 105 cm³/mol. The van der Waals surface area contributed by atoms with Crippen LogP contribution in [0, 0.1) is 11.8 Å². The summed E-state index contributed by atoms with van der Waals surface area (Å²) in [6, 6.07) is -0.751. The quantitative estimate of drug-likeness (QED) is 0.411. The molecule has 6 atom stereocenters. The first-order valence-corrected chi connectivity index (χ1v) is 11.0. The predicted octanol–water partition coefficient (Wildman–Crippen LogP) is 1.00. The van der Waals surface area contributed by atoms with Gasteiger partial charge in [-0.1, -0.05) is 13.3 Å². The third kappa shape index (κ3) is 3.77. The minimum atomic E-state index is -0.964. The number of nitrogens with zero attached hydrogens (tertiary/aromatic N) is 1. The molecule has 2 bridgehead atoms. The second kappa shape index (κ2) is 9.00. The fourth-order valence-electron chi connectivity index (χ4n) is 5.42. The van der Waals surface area contributed by atoms with Crippen LogP contribution in [-0.2, 0) is 23.9 Å². The van der Waals surface area contributed by atoms with Crippen molar-refractivity contribution in [3.05, 3.63) is 0 Å². The number of likely N-dealkylation sites (tertiary alicyclic amines) is 1. The summed E-state index contributed by atoms with van der Waals surface area (Å²) in [5, 5.41) is 12.2. The number of aliphatic hydroxyl groups excluding tert-OH is 1. The Morgan fingerprint density at radius 2 is 2.14 bits per heavy atom. The topological polar surface area (TPSA) is 105 Å². The summed E-state index contributed by atoms with van der Waals surface area (Å²) >= 11 is 0. The molecule has 2 N–H and O–H groups in total. The van der Waals surface area contributed by atoms with Gasteiger partial charge in [-0.05, 0) is 46.0 Å². The fourth-order valence-corrected chi connectivity index (χ4v) is 5.42. The highest BCUT2D eigenvalue weighted by atomic mass is 16.6. The zero-order valence-corrected chi connectivity index (χ0v) is 17.7. The molecule has 8 nitrogen and oxygen atoms in total. The second-order valence-corrected chi connectivity index (χ2v) is 8.47. The number of nitrogens with one attached hydrogen (secondary N) is 1. The molecule has 3 saturated heterocycles. The lowest BCUT2D eigenvalue weighted by atomic mass is 9.70. The molecule has 0 aromatic heterocycles. The number of aliphatic hydroxyl groups is 1. The molecule has 1 unspecified atom stereocenters. The molecule has 2 amide bonds. The van der Waals surface area contributed by atoms with Gasteiger partial charge in [0, 0.05) is 19.2 Å². The van der Waals surface area contributed by atoms with Gasteiger partial charge in [0.2, 0.25) is 11.8 Å². The van der Waals surface area contributed by atoms with E-state index in [4.69, 9.17) is 14.6 Å². The maximum atomic E-state index is 13.4. The van der Waals surface area contributed by atoms with Crippen LogP contribution < -0.4 is 5.32 Å². The summed E-state index contributed by atoms with van der Waals surface area (Å²) in [5.41, 5.74) is -0.964. The van der Waals surface area contributed by atoms with Gasteiger partial charge >= 0.3 is 5.97 Å². The Balaban J connectivity index is 1.90. The first-order chi connectivity index (χ1) is 13.9. The third-order valence-corrected chi connectivity index (χ3v) is 6.52. The van der Waals surface area contributed by atoms with Gasteiger partial charge in [0.1, 0.15) is 11.6 Å². The van der Waals surface area contributed by atoms with E-state index < -0.39 is 29.4 Å². The highest BCUT2D eigenvalue weighted by Gasteiger charge is 2.74. The van der Waals surface area contributed by atoms with Crippen LogP contribution in [0.1, 0.15) is 59.3 Å². The number of fused-ring (bicyclic) bond motifs is 1. The minimum absolute atomic E-state index is 0.00296. The van der Waals surface area contributed by atoms with Crippen molar-refractivity contribution in [3.8, 4) is 0 Å². The molecule has 0 radical (unpaired) electrons. The monoisotopic (exact) mass is 410 g/mol. The average Bonchev–Trinajstić information content (AvgIpc) is 3.30. The number of unbranched alkanes of at least 4 members (excludes halogenated alkanes) is 1. The average molecular weight is 411 g/mol. The molecule has 8 heteroatoms. The third-order valence-electron chi connectivity index (χ3n) is 6.52. The normalized spacial score (nSPS) is 33.7. The Bertz CT molecular complexity index is 641. The molecule has 164 valence electrons. The van der Waals surface area contributed by atoms with Gasteiger partial charge in [0.05, 0.1) is 24.5 Å². The van der Waals surface area contributed by atoms with Crippen LogP contribution in [0.2, 0.25) is 0 Å². The van der Waals surface area contributed by atoms with Crippen molar-refractivity contribution < 1.29 is 29.0 Å². The molecule has 3 heterocycles. The van der Waals surface area contributed by atoms with E-state index in [9.17, 15) is 14.4 Å². The van der Waals surface area contributed by atoms with E-state index in [1.807, 2.05) is 6.92 Å². The van der Waals surface area contributed by atoms with E-state index in [1.54, 1.807) is 11.8 Å². The number of carbonyl (C=O) groups is 3. The van der Waals surface area contributed by atoms with Gasteiger partial charge in [-0.25, -0.2) is 0 Å². The maximum absolute atomic E-state index is 13.4. The smallest absolute Gasteiger partial charge is 0.312 e. The van der Waals surface area contributed by atoms with E-state index in [0.717, 1.165) is 12.8 Å².